The van der Waals surface area contributed by atoms with Crippen LogP contribution in [0.15, 0.2) is 17.1 Å². The van der Waals surface area contributed by atoms with E-state index in [0.717, 1.165) is 12.1 Å². The average Bonchev–Trinajstić information content (AvgIpc) is 2.67. The summed E-state index contributed by atoms with van der Waals surface area (Å²) in [6, 6.07) is 3.75. The van der Waals surface area contributed by atoms with E-state index in [9.17, 15) is 4.79 Å². The topological polar surface area (TPSA) is 93.2 Å². The fourth-order valence-corrected chi connectivity index (χ4v) is 2.36. The van der Waals surface area contributed by atoms with Gasteiger partial charge in [-0.25, -0.2) is 4.99 Å². The van der Waals surface area contributed by atoms with Crippen LogP contribution in [0.1, 0.15) is 33.3 Å². The fourth-order valence-electron chi connectivity index (χ4n) is 2.36. The molecule has 1 amide bonds. The molecule has 9 heteroatoms. The number of rotatable bonds is 9. The lowest BCUT2D eigenvalue weighted by Gasteiger charge is -2.18. The van der Waals surface area contributed by atoms with Crippen LogP contribution in [0, 0.1) is 5.41 Å². The Balaban J connectivity index is 0.00000784. The summed E-state index contributed by atoms with van der Waals surface area (Å²) in [6.07, 6.45) is 0. The highest BCUT2D eigenvalue weighted by Gasteiger charge is 2.20. The number of carbonyl (C=O) groups excluding carboxylic acids is 1. The van der Waals surface area contributed by atoms with E-state index in [2.05, 4.69) is 20.9 Å². The Bertz CT molecular complexity index is 650. The molecule has 3 N–H and O–H groups in total. The number of amides is 1. The van der Waals surface area contributed by atoms with Crippen molar-refractivity contribution in [1.29, 1.82) is 0 Å². The lowest BCUT2D eigenvalue weighted by molar-refractivity contribution is -0.128. The molecule has 0 spiro atoms. The standard InChI is InChI=1S/C20H34N4O4.HI/c1-8-21-19(23-10-9-22-18(25)20(2,3)4)24-13-14-11-15(26-5)17(28-7)16(12-14)27-6;/h11-12H,8-10,13H2,1-7H3,(H,22,25)(H2,21,23,24);1H. The molecule has 0 aliphatic heterocycles. The van der Waals surface area contributed by atoms with Gasteiger partial charge in [-0.05, 0) is 24.6 Å². The molecule has 1 aromatic rings. The van der Waals surface area contributed by atoms with Crippen LogP contribution >= 0.6 is 24.0 Å². The van der Waals surface area contributed by atoms with E-state index >= 15 is 0 Å². The van der Waals surface area contributed by atoms with Crippen molar-refractivity contribution in [2.24, 2.45) is 10.4 Å². The van der Waals surface area contributed by atoms with Crippen LogP contribution in [-0.2, 0) is 11.3 Å². The summed E-state index contributed by atoms with van der Waals surface area (Å²) in [6.45, 7) is 9.91. The summed E-state index contributed by atoms with van der Waals surface area (Å²) in [5.41, 5.74) is 0.526. The molecule has 166 valence electrons. The molecule has 0 aliphatic carbocycles. The Labute approximate surface area is 191 Å². The largest absolute Gasteiger partial charge is 0.493 e. The highest BCUT2D eigenvalue weighted by molar-refractivity contribution is 14.0. The zero-order valence-corrected chi connectivity index (χ0v) is 20.8. The maximum Gasteiger partial charge on any atom is 0.225 e. The summed E-state index contributed by atoms with van der Waals surface area (Å²) in [4.78, 5) is 16.5. The highest BCUT2D eigenvalue weighted by Crippen LogP contribution is 2.38. The van der Waals surface area contributed by atoms with E-state index in [4.69, 9.17) is 14.2 Å². The number of hydrogen-bond donors (Lipinski definition) is 3. The van der Waals surface area contributed by atoms with Gasteiger partial charge in [0.1, 0.15) is 0 Å². The first-order chi connectivity index (χ1) is 13.3. The molecule has 0 saturated carbocycles. The zero-order chi connectivity index (χ0) is 21.2. The Morgan fingerprint density at radius 2 is 1.52 bits per heavy atom. The second-order valence-corrected chi connectivity index (χ2v) is 7.16. The Kier molecular flexibility index (Phi) is 12.5. The molecule has 0 fully saturated rings. The predicted octanol–water partition coefficient (Wildman–Crippen LogP) is 2.55. The van der Waals surface area contributed by atoms with Crippen molar-refractivity contribution in [3.63, 3.8) is 0 Å². The van der Waals surface area contributed by atoms with Crippen molar-refractivity contribution in [3.8, 4) is 17.2 Å². The van der Waals surface area contributed by atoms with Crippen molar-refractivity contribution in [3.05, 3.63) is 17.7 Å². The fraction of sp³-hybridized carbons (Fsp3) is 0.600. The van der Waals surface area contributed by atoms with Crippen LogP contribution in [0.3, 0.4) is 0 Å². The summed E-state index contributed by atoms with van der Waals surface area (Å²) >= 11 is 0. The molecule has 29 heavy (non-hydrogen) atoms. The van der Waals surface area contributed by atoms with Crippen LogP contribution < -0.4 is 30.2 Å². The van der Waals surface area contributed by atoms with Crippen molar-refractivity contribution in [2.45, 2.75) is 34.2 Å². The van der Waals surface area contributed by atoms with Crippen molar-refractivity contribution in [1.82, 2.24) is 16.0 Å². The third-order valence-electron chi connectivity index (χ3n) is 3.87. The number of guanidine groups is 1. The molecule has 0 heterocycles. The normalized spacial score (nSPS) is 11.2. The Morgan fingerprint density at radius 3 is 1.97 bits per heavy atom. The van der Waals surface area contributed by atoms with Gasteiger partial charge in [0.25, 0.3) is 0 Å². The first-order valence-electron chi connectivity index (χ1n) is 9.36. The molecule has 0 saturated heterocycles. The molecular weight excluding hydrogens is 487 g/mol. The average molecular weight is 522 g/mol. The summed E-state index contributed by atoms with van der Waals surface area (Å²) in [7, 11) is 4.74. The molecule has 0 radical (unpaired) electrons. The van der Waals surface area contributed by atoms with Crippen molar-refractivity contribution < 1.29 is 19.0 Å². The molecule has 1 rings (SSSR count). The second kappa shape index (κ2) is 13.3. The molecule has 8 nitrogen and oxygen atoms in total. The minimum atomic E-state index is -0.398. The number of carbonyl (C=O) groups is 1. The van der Waals surface area contributed by atoms with Crippen LogP contribution in [0.4, 0.5) is 0 Å². The van der Waals surface area contributed by atoms with Crippen LogP contribution in [0.2, 0.25) is 0 Å². The molecule has 1 aromatic carbocycles. The van der Waals surface area contributed by atoms with Crippen LogP contribution in [0.25, 0.3) is 0 Å². The van der Waals surface area contributed by atoms with E-state index in [1.54, 1.807) is 21.3 Å². The number of methoxy groups -OCH3 is 3. The van der Waals surface area contributed by atoms with Crippen LogP contribution in [0.5, 0.6) is 17.2 Å². The van der Waals surface area contributed by atoms with E-state index in [-0.39, 0.29) is 29.9 Å². The van der Waals surface area contributed by atoms with E-state index in [1.807, 2.05) is 39.8 Å². The third kappa shape index (κ3) is 8.97. The maximum absolute atomic E-state index is 11.9. The number of aliphatic imine (C=N–C) groups is 1. The minimum absolute atomic E-state index is 0. The second-order valence-electron chi connectivity index (χ2n) is 7.16. The number of nitrogens with one attached hydrogen (secondary N) is 3. The predicted molar refractivity (Wildman–Crippen MR) is 127 cm³/mol. The lowest BCUT2D eigenvalue weighted by Crippen LogP contribution is -2.43. The number of ether oxygens (including phenoxy) is 3. The number of hydrogen-bond acceptors (Lipinski definition) is 5. The highest BCUT2D eigenvalue weighted by atomic mass is 127. The minimum Gasteiger partial charge on any atom is -0.493 e. The van der Waals surface area contributed by atoms with Gasteiger partial charge < -0.3 is 30.2 Å². The van der Waals surface area contributed by atoms with E-state index < -0.39 is 5.41 Å². The van der Waals surface area contributed by atoms with Gasteiger partial charge in [0.15, 0.2) is 17.5 Å². The van der Waals surface area contributed by atoms with Gasteiger partial charge in [-0.2, -0.15) is 0 Å². The monoisotopic (exact) mass is 522 g/mol. The third-order valence-corrected chi connectivity index (χ3v) is 3.87. The number of benzene rings is 1. The van der Waals surface area contributed by atoms with Gasteiger partial charge in [0.2, 0.25) is 11.7 Å². The van der Waals surface area contributed by atoms with Gasteiger partial charge in [-0.3, -0.25) is 4.79 Å². The smallest absolute Gasteiger partial charge is 0.225 e. The number of halogens is 1. The zero-order valence-electron chi connectivity index (χ0n) is 18.5. The van der Waals surface area contributed by atoms with E-state index in [1.165, 1.54) is 0 Å². The number of nitrogens with zero attached hydrogens (tertiary/aromatic N) is 1. The summed E-state index contributed by atoms with van der Waals surface area (Å²) < 4.78 is 16.1. The van der Waals surface area contributed by atoms with Gasteiger partial charge in [-0.1, -0.05) is 20.8 Å². The molecule has 0 aromatic heterocycles. The van der Waals surface area contributed by atoms with Gasteiger partial charge in [0, 0.05) is 25.0 Å². The molecule has 0 bridgehead atoms. The van der Waals surface area contributed by atoms with Crippen LogP contribution in [-0.4, -0.2) is 52.8 Å². The summed E-state index contributed by atoms with van der Waals surface area (Å²) in [5, 5.41) is 9.31. The van der Waals surface area contributed by atoms with Gasteiger partial charge in [0.05, 0.1) is 27.9 Å². The molecule has 0 atom stereocenters. The lowest BCUT2D eigenvalue weighted by atomic mass is 9.96. The molecule has 0 aliphatic rings. The van der Waals surface area contributed by atoms with Gasteiger partial charge in [-0.15, -0.1) is 24.0 Å². The SMILES string of the molecule is CCNC(=NCc1cc(OC)c(OC)c(OC)c1)NCCNC(=O)C(C)(C)C.I. The van der Waals surface area contributed by atoms with E-state index in [0.29, 0.717) is 42.8 Å². The quantitative estimate of drug-likeness (QED) is 0.200. The first-order valence-corrected chi connectivity index (χ1v) is 9.36. The molecule has 0 unspecified atom stereocenters. The van der Waals surface area contributed by atoms with Crippen molar-refractivity contribution >= 4 is 35.8 Å². The van der Waals surface area contributed by atoms with Gasteiger partial charge >= 0.3 is 0 Å². The first kappa shape index (κ1) is 27.1. The Hall–Kier alpha value is -1.91. The van der Waals surface area contributed by atoms with Crippen molar-refractivity contribution in [2.75, 3.05) is 41.0 Å². The maximum atomic E-state index is 11.9. The summed E-state index contributed by atoms with van der Waals surface area (Å²) in [5.74, 6) is 2.43. The molecular formula is C20H35IN4O4. The Morgan fingerprint density at radius 1 is 0.966 bits per heavy atom.